The Balaban J connectivity index is 1.36. The van der Waals surface area contributed by atoms with Crippen molar-refractivity contribution in [2.75, 3.05) is 19.8 Å². The summed E-state index contributed by atoms with van der Waals surface area (Å²) in [7, 11) is 0. The maximum Gasteiger partial charge on any atom is 0.227 e. The molecular weight excluding hydrogens is 360 g/mol. The smallest absolute Gasteiger partial charge is 0.227 e. The Hall–Kier alpha value is -2.60. The number of likely N-dealkylation sites (tertiary alicyclic amines) is 1. The van der Waals surface area contributed by atoms with Crippen LogP contribution in [-0.2, 0) is 11.2 Å². The predicted octanol–water partition coefficient (Wildman–Crippen LogP) is 3.97. The van der Waals surface area contributed by atoms with Gasteiger partial charge in [0.25, 0.3) is 0 Å². The van der Waals surface area contributed by atoms with Crippen molar-refractivity contribution in [3.05, 3.63) is 53.0 Å². The van der Waals surface area contributed by atoms with Crippen molar-refractivity contribution in [2.24, 2.45) is 0 Å². The Morgan fingerprint density at radius 3 is 2.89 bits per heavy atom. The van der Waals surface area contributed by atoms with Crippen molar-refractivity contribution >= 4 is 27.5 Å². The van der Waals surface area contributed by atoms with Crippen LogP contribution in [-0.4, -0.2) is 35.5 Å². The SMILES string of the molecule is O=C(Cc1ccc2c(c1)OCCO2)N1CCC[C@@H]1c1nc2ccccc2s1. The van der Waals surface area contributed by atoms with E-state index in [1.54, 1.807) is 11.3 Å². The molecule has 1 aromatic heterocycles. The van der Waals surface area contributed by atoms with Crippen molar-refractivity contribution in [3.8, 4) is 11.5 Å². The molecule has 0 radical (unpaired) electrons. The maximum absolute atomic E-state index is 13.0. The molecule has 6 heteroatoms. The fraction of sp³-hybridized carbons (Fsp3) is 0.333. The van der Waals surface area contributed by atoms with Crippen LogP contribution in [0.2, 0.25) is 0 Å². The highest BCUT2D eigenvalue weighted by molar-refractivity contribution is 7.18. The average Bonchev–Trinajstić information content (AvgIpc) is 3.34. The number of ether oxygens (including phenoxy) is 2. The second-order valence-corrected chi connectivity index (χ2v) is 7.98. The van der Waals surface area contributed by atoms with Gasteiger partial charge in [0.1, 0.15) is 18.2 Å². The van der Waals surface area contributed by atoms with Crippen LogP contribution in [0, 0.1) is 0 Å². The van der Waals surface area contributed by atoms with E-state index in [0.717, 1.165) is 47.0 Å². The molecule has 1 amide bonds. The van der Waals surface area contributed by atoms with Crippen LogP contribution in [0.3, 0.4) is 0 Å². The molecule has 3 aromatic rings. The zero-order valence-electron chi connectivity index (χ0n) is 14.9. The predicted molar refractivity (Wildman–Crippen MR) is 104 cm³/mol. The number of thiazole rings is 1. The molecule has 0 bridgehead atoms. The number of fused-ring (bicyclic) bond motifs is 2. The summed E-state index contributed by atoms with van der Waals surface area (Å²) in [6, 6.07) is 14.0. The summed E-state index contributed by atoms with van der Waals surface area (Å²) in [5.41, 5.74) is 1.97. The normalized spacial score (nSPS) is 18.8. The monoisotopic (exact) mass is 380 g/mol. The number of aromatic nitrogens is 1. The van der Waals surface area contributed by atoms with Crippen LogP contribution in [0.25, 0.3) is 10.2 Å². The summed E-state index contributed by atoms with van der Waals surface area (Å²) < 4.78 is 12.4. The van der Waals surface area contributed by atoms with Crippen molar-refractivity contribution < 1.29 is 14.3 Å². The molecule has 2 aromatic carbocycles. The van der Waals surface area contributed by atoms with Crippen LogP contribution < -0.4 is 9.47 Å². The molecule has 5 rings (SSSR count). The van der Waals surface area contributed by atoms with E-state index in [9.17, 15) is 4.79 Å². The number of carbonyl (C=O) groups excluding carboxylic acids is 1. The molecule has 0 spiro atoms. The number of nitrogens with zero attached hydrogens (tertiary/aromatic N) is 2. The minimum Gasteiger partial charge on any atom is -0.486 e. The first-order valence-electron chi connectivity index (χ1n) is 9.31. The largest absolute Gasteiger partial charge is 0.486 e. The fourth-order valence-electron chi connectivity index (χ4n) is 3.83. The Labute approximate surface area is 161 Å². The number of benzene rings is 2. The Kier molecular flexibility index (Phi) is 4.20. The van der Waals surface area contributed by atoms with E-state index in [2.05, 4.69) is 6.07 Å². The number of carbonyl (C=O) groups is 1. The zero-order valence-corrected chi connectivity index (χ0v) is 15.7. The third-order valence-corrected chi connectivity index (χ3v) is 6.27. The lowest BCUT2D eigenvalue weighted by atomic mass is 10.1. The van der Waals surface area contributed by atoms with Gasteiger partial charge in [-0.1, -0.05) is 18.2 Å². The van der Waals surface area contributed by atoms with Crippen LogP contribution >= 0.6 is 11.3 Å². The molecule has 0 saturated carbocycles. The van der Waals surface area contributed by atoms with E-state index < -0.39 is 0 Å². The van der Waals surface area contributed by atoms with Crippen LogP contribution in [0.5, 0.6) is 11.5 Å². The molecule has 0 aliphatic carbocycles. The van der Waals surface area contributed by atoms with Crippen molar-refractivity contribution in [2.45, 2.75) is 25.3 Å². The molecule has 0 unspecified atom stereocenters. The van der Waals surface area contributed by atoms with Crippen LogP contribution in [0.15, 0.2) is 42.5 Å². The van der Waals surface area contributed by atoms with Gasteiger partial charge in [0, 0.05) is 6.54 Å². The van der Waals surface area contributed by atoms with Crippen LogP contribution in [0.1, 0.15) is 29.5 Å². The summed E-state index contributed by atoms with van der Waals surface area (Å²) in [5, 5.41) is 1.05. The van der Waals surface area contributed by atoms with Crippen molar-refractivity contribution in [1.82, 2.24) is 9.88 Å². The Morgan fingerprint density at radius 2 is 2.00 bits per heavy atom. The van der Waals surface area contributed by atoms with E-state index in [4.69, 9.17) is 14.5 Å². The van der Waals surface area contributed by atoms with Crippen molar-refractivity contribution in [1.29, 1.82) is 0 Å². The fourth-order valence-corrected chi connectivity index (χ4v) is 4.94. The van der Waals surface area contributed by atoms with Gasteiger partial charge in [-0.05, 0) is 42.7 Å². The lowest BCUT2D eigenvalue weighted by Gasteiger charge is -2.24. The minimum absolute atomic E-state index is 0.0899. The first kappa shape index (κ1) is 16.6. The molecular formula is C21H20N2O3S. The van der Waals surface area contributed by atoms with Gasteiger partial charge in [-0.3, -0.25) is 4.79 Å². The number of amides is 1. The summed E-state index contributed by atoms with van der Waals surface area (Å²) in [6.07, 6.45) is 2.37. The maximum atomic E-state index is 13.0. The van der Waals surface area contributed by atoms with Gasteiger partial charge in [-0.2, -0.15) is 0 Å². The van der Waals surface area contributed by atoms with Crippen LogP contribution in [0.4, 0.5) is 0 Å². The summed E-state index contributed by atoms with van der Waals surface area (Å²) in [6.45, 7) is 1.92. The van der Waals surface area contributed by atoms with Gasteiger partial charge < -0.3 is 14.4 Å². The van der Waals surface area contributed by atoms with Gasteiger partial charge in [0.05, 0.1) is 22.7 Å². The standard InChI is InChI=1S/C21H20N2O3S/c24-20(13-14-7-8-17-18(12-14)26-11-10-25-17)23-9-3-5-16(23)21-22-15-4-1-2-6-19(15)27-21/h1-2,4,6-8,12,16H,3,5,9-11,13H2/t16-/m1/s1. The van der Waals surface area contributed by atoms with Crippen molar-refractivity contribution in [3.63, 3.8) is 0 Å². The van der Waals surface area contributed by atoms with E-state index >= 15 is 0 Å². The minimum atomic E-state index is 0.0899. The molecule has 1 saturated heterocycles. The Bertz CT molecular complexity index is 967. The van der Waals surface area contributed by atoms with Gasteiger partial charge in [0.2, 0.25) is 5.91 Å². The quantitative estimate of drug-likeness (QED) is 0.690. The summed E-state index contributed by atoms with van der Waals surface area (Å²) in [5.74, 6) is 1.63. The van der Waals surface area contributed by atoms with E-state index in [1.807, 2.05) is 41.3 Å². The summed E-state index contributed by atoms with van der Waals surface area (Å²) in [4.78, 5) is 19.8. The highest BCUT2D eigenvalue weighted by atomic mass is 32.1. The molecule has 1 atom stereocenters. The number of rotatable bonds is 3. The van der Waals surface area contributed by atoms with Gasteiger partial charge >= 0.3 is 0 Å². The number of hydrogen-bond donors (Lipinski definition) is 0. The molecule has 3 heterocycles. The van der Waals surface area contributed by atoms with Gasteiger partial charge in [-0.25, -0.2) is 4.98 Å². The highest BCUT2D eigenvalue weighted by Crippen LogP contribution is 2.37. The molecule has 5 nitrogen and oxygen atoms in total. The molecule has 2 aliphatic heterocycles. The molecule has 0 N–H and O–H groups in total. The van der Waals surface area contributed by atoms with E-state index in [-0.39, 0.29) is 11.9 Å². The van der Waals surface area contributed by atoms with E-state index in [1.165, 1.54) is 4.70 Å². The first-order valence-corrected chi connectivity index (χ1v) is 10.1. The van der Waals surface area contributed by atoms with E-state index in [0.29, 0.717) is 19.6 Å². The number of hydrogen-bond acceptors (Lipinski definition) is 5. The second-order valence-electron chi connectivity index (χ2n) is 6.92. The third-order valence-electron chi connectivity index (χ3n) is 5.13. The first-order chi connectivity index (χ1) is 13.3. The second kappa shape index (κ2) is 6.85. The highest BCUT2D eigenvalue weighted by Gasteiger charge is 2.32. The zero-order chi connectivity index (χ0) is 18.2. The third kappa shape index (κ3) is 3.14. The van der Waals surface area contributed by atoms with Gasteiger partial charge in [0.15, 0.2) is 11.5 Å². The average molecular weight is 380 g/mol. The molecule has 1 fully saturated rings. The lowest BCUT2D eigenvalue weighted by molar-refractivity contribution is -0.131. The van der Waals surface area contributed by atoms with Gasteiger partial charge in [-0.15, -0.1) is 11.3 Å². The summed E-state index contributed by atoms with van der Waals surface area (Å²) >= 11 is 1.70. The molecule has 27 heavy (non-hydrogen) atoms. The number of para-hydroxylation sites is 1. The Morgan fingerprint density at radius 1 is 1.15 bits per heavy atom. The molecule has 138 valence electrons. The topological polar surface area (TPSA) is 51.7 Å². The molecule has 2 aliphatic rings. The lowest BCUT2D eigenvalue weighted by Crippen LogP contribution is -2.31.